The largest absolute Gasteiger partial charge is 0.483 e. The average molecular weight is 330 g/mol. The number of benzene rings is 1. The van der Waals surface area contributed by atoms with Crippen molar-refractivity contribution in [2.24, 2.45) is 0 Å². The third-order valence-corrected chi connectivity index (χ3v) is 3.50. The van der Waals surface area contributed by atoms with Crippen molar-refractivity contribution in [1.82, 2.24) is 10.9 Å². The second kappa shape index (κ2) is 7.68. The van der Waals surface area contributed by atoms with Crippen LogP contribution in [0.4, 0.5) is 0 Å². The van der Waals surface area contributed by atoms with Crippen LogP contribution in [-0.2, 0) is 4.79 Å². The maximum Gasteiger partial charge on any atom is 0.276 e. The summed E-state index contributed by atoms with van der Waals surface area (Å²) in [6.45, 7) is 7.36. The molecule has 1 aromatic heterocycles. The molecule has 6 heteroatoms. The fourth-order valence-electron chi connectivity index (χ4n) is 2.32. The molecule has 0 aliphatic carbocycles. The number of furan rings is 1. The minimum atomic E-state index is -0.445. The number of carbonyl (C=O) groups excluding carboxylic acids is 2. The Morgan fingerprint density at radius 2 is 1.88 bits per heavy atom. The van der Waals surface area contributed by atoms with Gasteiger partial charge in [-0.15, -0.1) is 0 Å². The van der Waals surface area contributed by atoms with Gasteiger partial charge in [-0.25, -0.2) is 0 Å². The van der Waals surface area contributed by atoms with Crippen molar-refractivity contribution >= 4 is 11.8 Å². The van der Waals surface area contributed by atoms with E-state index in [0.29, 0.717) is 22.8 Å². The van der Waals surface area contributed by atoms with Crippen LogP contribution in [0.25, 0.3) is 0 Å². The Labute approximate surface area is 141 Å². The first-order valence-corrected chi connectivity index (χ1v) is 7.76. The molecule has 6 nitrogen and oxygen atoms in total. The number of hydrogen-bond acceptors (Lipinski definition) is 4. The highest BCUT2D eigenvalue weighted by Gasteiger charge is 2.14. The summed E-state index contributed by atoms with van der Waals surface area (Å²) in [4.78, 5) is 23.8. The summed E-state index contributed by atoms with van der Waals surface area (Å²) in [7, 11) is 0. The molecule has 1 aromatic carbocycles. The van der Waals surface area contributed by atoms with E-state index in [1.54, 1.807) is 19.9 Å². The minimum Gasteiger partial charge on any atom is -0.483 e. The van der Waals surface area contributed by atoms with E-state index >= 15 is 0 Å². The van der Waals surface area contributed by atoms with Crippen LogP contribution in [0.1, 0.15) is 47.2 Å². The molecule has 0 bridgehead atoms. The van der Waals surface area contributed by atoms with Crippen molar-refractivity contribution < 1.29 is 18.7 Å². The van der Waals surface area contributed by atoms with Gasteiger partial charge < -0.3 is 9.15 Å². The summed E-state index contributed by atoms with van der Waals surface area (Å²) in [6.07, 6.45) is 0. The van der Waals surface area contributed by atoms with Crippen LogP contribution < -0.4 is 15.6 Å². The van der Waals surface area contributed by atoms with Crippen molar-refractivity contribution in [3.63, 3.8) is 0 Å². The molecule has 2 N–H and O–H groups in total. The lowest BCUT2D eigenvalue weighted by molar-refractivity contribution is -0.123. The van der Waals surface area contributed by atoms with Crippen LogP contribution >= 0.6 is 0 Å². The molecule has 0 atom stereocenters. The molecular formula is C18H22N2O4. The number of ether oxygens (including phenoxy) is 1. The molecule has 0 saturated carbocycles. The van der Waals surface area contributed by atoms with Crippen molar-refractivity contribution in [2.45, 2.75) is 33.6 Å². The number of carbonyl (C=O) groups is 2. The van der Waals surface area contributed by atoms with Gasteiger partial charge in [-0.3, -0.25) is 20.4 Å². The maximum absolute atomic E-state index is 12.0. The van der Waals surface area contributed by atoms with Gasteiger partial charge in [-0.1, -0.05) is 32.0 Å². The van der Waals surface area contributed by atoms with Crippen molar-refractivity contribution in [1.29, 1.82) is 0 Å². The van der Waals surface area contributed by atoms with E-state index in [4.69, 9.17) is 9.15 Å². The standard InChI is InChI=1S/C18H22N2O4/c1-11(2)14-7-5-6-8-16(14)23-10-17(21)19-20-18(22)15-9-12(3)24-13(15)4/h5-9,11H,10H2,1-4H3,(H,19,21)(H,20,22). The fourth-order valence-corrected chi connectivity index (χ4v) is 2.32. The second-order valence-corrected chi connectivity index (χ2v) is 5.81. The number of aryl methyl sites for hydroxylation is 2. The quantitative estimate of drug-likeness (QED) is 0.826. The molecule has 2 aromatic rings. The molecule has 2 rings (SSSR count). The van der Waals surface area contributed by atoms with Crippen LogP contribution in [0.5, 0.6) is 5.75 Å². The molecule has 2 amide bonds. The Morgan fingerprint density at radius 1 is 1.17 bits per heavy atom. The summed E-state index contributed by atoms with van der Waals surface area (Å²) in [5.74, 6) is 1.21. The molecule has 0 saturated heterocycles. The number of hydrogen-bond donors (Lipinski definition) is 2. The first-order valence-electron chi connectivity index (χ1n) is 7.76. The lowest BCUT2D eigenvalue weighted by Gasteiger charge is -2.13. The monoisotopic (exact) mass is 330 g/mol. The normalized spacial score (nSPS) is 10.5. The molecular weight excluding hydrogens is 308 g/mol. The molecule has 0 aliphatic rings. The number of rotatable bonds is 5. The molecule has 128 valence electrons. The van der Waals surface area contributed by atoms with Crippen LogP contribution in [0.3, 0.4) is 0 Å². The SMILES string of the molecule is Cc1cc(C(=O)NNC(=O)COc2ccccc2C(C)C)c(C)o1. The van der Waals surface area contributed by atoms with Crippen LogP contribution in [0.15, 0.2) is 34.7 Å². The highest BCUT2D eigenvalue weighted by atomic mass is 16.5. The topological polar surface area (TPSA) is 80.6 Å². The van der Waals surface area contributed by atoms with Crippen molar-refractivity contribution in [2.75, 3.05) is 6.61 Å². The minimum absolute atomic E-state index is 0.187. The van der Waals surface area contributed by atoms with Gasteiger partial charge in [0.2, 0.25) is 0 Å². The summed E-state index contributed by atoms with van der Waals surface area (Å²) in [5.41, 5.74) is 6.09. The lowest BCUT2D eigenvalue weighted by atomic mass is 10.0. The molecule has 0 unspecified atom stereocenters. The van der Waals surface area contributed by atoms with Gasteiger partial charge in [0.05, 0.1) is 5.56 Å². The first-order chi connectivity index (χ1) is 11.4. The predicted octanol–water partition coefficient (Wildman–Crippen LogP) is 2.86. The Hall–Kier alpha value is -2.76. The van der Waals surface area contributed by atoms with Gasteiger partial charge in [0.1, 0.15) is 17.3 Å². The molecule has 0 spiro atoms. The van der Waals surface area contributed by atoms with Crippen molar-refractivity contribution in [3.8, 4) is 5.75 Å². The average Bonchev–Trinajstić information content (AvgIpc) is 2.89. The van der Waals surface area contributed by atoms with Crippen LogP contribution in [-0.4, -0.2) is 18.4 Å². The van der Waals surface area contributed by atoms with E-state index in [-0.39, 0.29) is 12.5 Å². The van der Waals surface area contributed by atoms with Gasteiger partial charge >= 0.3 is 0 Å². The first kappa shape index (κ1) is 17.6. The van der Waals surface area contributed by atoms with Gasteiger partial charge in [0.25, 0.3) is 11.8 Å². The van der Waals surface area contributed by atoms with E-state index in [9.17, 15) is 9.59 Å². The van der Waals surface area contributed by atoms with Gasteiger partial charge in [0.15, 0.2) is 6.61 Å². The molecule has 0 aliphatic heterocycles. The Kier molecular flexibility index (Phi) is 5.63. The number of nitrogens with one attached hydrogen (secondary N) is 2. The van der Waals surface area contributed by atoms with Crippen LogP contribution in [0.2, 0.25) is 0 Å². The molecule has 0 radical (unpaired) electrons. The summed E-state index contributed by atoms with van der Waals surface area (Å²) < 4.78 is 10.8. The van der Waals surface area contributed by atoms with E-state index in [1.165, 1.54) is 0 Å². The van der Waals surface area contributed by atoms with Gasteiger partial charge in [0, 0.05) is 0 Å². The predicted molar refractivity (Wildman–Crippen MR) is 89.8 cm³/mol. The van der Waals surface area contributed by atoms with Gasteiger partial charge in [-0.05, 0) is 37.5 Å². The lowest BCUT2D eigenvalue weighted by Crippen LogP contribution is -2.43. The number of amides is 2. The smallest absolute Gasteiger partial charge is 0.276 e. The second-order valence-electron chi connectivity index (χ2n) is 5.81. The zero-order valence-corrected chi connectivity index (χ0v) is 14.3. The number of para-hydroxylation sites is 1. The van der Waals surface area contributed by atoms with Gasteiger partial charge in [-0.2, -0.15) is 0 Å². The number of hydrazine groups is 1. The summed E-state index contributed by atoms with van der Waals surface area (Å²) in [5, 5.41) is 0. The Morgan fingerprint density at radius 3 is 2.50 bits per heavy atom. The Bertz CT molecular complexity index is 734. The molecule has 1 heterocycles. The Balaban J connectivity index is 1.86. The summed E-state index contributed by atoms with van der Waals surface area (Å²) >= 11 is 0. The van der Waals surface area contributed by atoms with Crippen LogP contribution in [0, 0.1) is 13.8 Å². The fraction of sp³-hybridized carbons (Fsp3) is 0.333. The zero-order chi connectivity index (χ0) is 17.7. The third kappa shape index (κ3) is 4.38. The maximum atomic E-state index is 12.0. The van der Waals surface area contributed by atoms with E-state index in [2.05, 4.69) is 24.7 Å². The van der Waals surface area contributed by atoms with E-state index in [1.807, 2.05) is 24.3 Å². The third-order valence-electron chi connectivity index (χ3n) is 3.50. The molecule has 0 fully saturated rings. The highest BCUT2D eigenvalue weighted by Crippen LogP contribution is 2.25. The summed E-state index contributed by atoms with van der Waals surface area (Å²) in [6, 6.07) is 9.18. The highest BCUT2D eigenvalue weighted by molar-refractivity contribution is 5.96. The van der Waals surface area contributed by atoms with E-state index < -0.39 is 11.8 Å². The molecule has 24 heavy (non-hydrogen) atoms. The van der Waals surface area contributed by atoms with Crippen molar-refractivity contribution in [3.05, 3.63) is 53.0 Å². The zero-order valence-electron chi connectivity index (χ0n) is 14.3. The van der Waals surface area contributed by atoms with E-state index in [0.717, 1.165) is 5.56 Å².